The first-order valence-electron chi connectivity index (χ1n) is 17.5. The van der Waals surface area contributed by atoms with E-state index >= 15 is 17.6 Å². The van der Waals surface area contributed by atoms with Crippen molar-refractivity contribution >= 4 is 0 Å². The van der Waals surface area contributed by atoms with Crippen LogP contribution in [0, 0.1) is 29.4 Å². The van der Waals surface area contributed by atoms with Crippen molar-refractivity contribution in [3.05, 3.63) is 46.9 Å². The zero-order valence-electron chi connectivity index (χ0n) is 26.9. The quantitative estimate of drug-likeness (QED) is 0.0770. The number of hydrogen-bond donors (Lipinski definition) is 0. The molecule has 0 radical (unpaired) electrons. The molecule has 0 bridgehead atoms. The van der Waals surface area contributed by atoms with Gasteiger partial charge >= 0.3 is 0 Å². The van der Waals surface area contributed by atoms with Gasteiger partial charge in [0, 0.05) is 11.5 Å². The Morgan fingerprint density at radius 1 is 0.822 bits per heavy atom. The van der Waals surface area contributed by atoms with Crippen LogP contribution in [0.5, 0.6) is 5.75 Å². The van der Waals surface area contributed by atoms with E-state index in [9.17, 15) is 8.78 Å². The molecule has 2 aliphatic rings. The van der Waals surface area contributed by atoms with Gasteiger partial charge in [0.05, 0.1) is 11.3 Å². The van der Waals surface area contributed by atoms with Gasteiger partial charge in [-0.3, -0.25) is 0 Å². The Hall–Kier alpha value is -2.25. The second-order valence-electron chi connectivity index (χ2n) is 13.4. The molecule has 1 aromatic heterocycles. The SMILES string of the molecule is CCCCCCCCC(F)COc1ccc(-c2cc3c(c(F)c2F)C(F)(F)C(CCCCCCCCCC2CC2)CC3)nc1F. The van der Waals surface area contributed by atoms with Gasteiger partial charge < -0.3 is 4.74 Å². The fraction of sp³-hybridized carbons (Fsp3) is 0.703. The largest absolute Gasteiger partial charge is 0.486 e. The van der Waals surface area contributed by atoms with Gasteiger partial charge in [0.2, 0.25) is 0 Å². The highest BCUT2D eigenvalue weighted by Crippen LogP contribution is 2.49. The summed E-state index contributed by atoms with van der Waals surface area (Å²) in [6, 6.07) is 3.59. The van der Waals surface area contributed by atoms with Gasteiger partial charge in [0.1, 0.15) is 12.8 Å². The van der Waals surface area contributed by atoms with Crippen LogP contribution in [0.1, 0.15) is 140 Å². The van der Waals surface area contributed by atoms with E-state index in [0.717, 1.165) is 57.3 Å². The zero-order valence-corrected chi connectivity index (χ0v) is 26.9. The summed E-state index contributed by atoms with van der Waals surface area (Å²) in [5.41, 5.74) is -1.47. The number of ether oxygens (including phenoxy) is 1. The Labute approximate surface area is 265 Å². The number of alkyl halides is 3. The molecule has 2 unspecified atom stereocenters. The summed E-state index contributed by atoms with van der Waals surface area (Å²) < 4.78 is 95.8. The molecule has 2 nitrogen and oxygen atoms in total. The van der Waals surface area contributed by atoms with Crippen molar-refractivity contribution in [1.82, 2.24) is 4.98 Å². The molecule has 252 valence electrons. The van der Waals surface area contributed by atoms with Crippen molar-refractivity contribution in [2.45, 2.75) is 147 Å². The molecule has 1 saturated carbocycles. The number of nitrogens with zero attached hydrogens (tertiary/aromatic N) is 1. The molecule has 2 atom stereocenters. The van der Waals surface area contributed by atoms with Crippen LogP contribution in [0.3, 0.4) is 0 Å². The van der Waals surface area contributed by atoms with E-state index < -0.39 is 41.2 Å². The third-order valence-corrected chi connectivity index (χ3v) is 9.64. The number of pyridine rings is 1. The fourth-order valence-electron chi connectivity index (χ4n) is 6.67. The van der Waals surface area contributed by atoms with Gasteiger partial charge in [0.15, 0.2) is 17.4 Å². The molecule has 0 saturated heterocycles. The first-order chi connectivity index (χ1) is 21.7. The lowest BCUT2D eigenvalue weighted by Crippen LogP contribution is -2.33. The first-order valence-corrected chi connectivity index (χ1v) is 17.5. The lowest BCUT2D eigenvalue weighted by Gasteiger charge is -2.34. The standard InChI is InChI=1S/C37H51F6NO/c1-2-3-4-5-11-14-17-29(38)25-45-32-23-22-31(44-36(32)41)30-24-27-20-21-28(37(42,43)33(27)35(40)34(30)39)16-13-10-8-6-7-9-12-15-26-18-19-26/h22-24,26,28-29H,2-21,25H2,1H3. The lowest BCUT2D eigenvalue weighted by atomic mass is 9.77. The van der Waals surface area contributed by atoms with E-state index in [1.165, 1.54) is 63.1 Å². The van der Waals surface area contributed by atoms with E-state index in [1.807, 2.05) is 0 Å². The molecule has 2 aromatic rings. The minimum absolute atomic E-state index is 0.0221. The molecule has 0 N–H and O–H groups in total. The van der Waals surface area contributed by atoms with E-state index in [4.69, 9.17) is 4.74 Å². The normalized spacial score (nSPS) is 18.2. The zero-order chi connectivity index (χ0) is 32.2. The lowest BCUT2D eigenvalue weighted by molar-refractivity contribution is -0.0823. The third-order valence-electron chi connectivity index (χ3n) is 9.64. The van der Waals surface area contributed by atoms with Gasteiger partial charge in [0.25, 0.3) is 11.9 Å². The summed E-state index contributed by atoms with van der Waals surface area (Å²) in [5.74, 6) is -8.04. The van der Waals surface area contributed by atoms with Crippen molar-refractivity contribution in [1.29, 1.82) is 0 Å². The molecule has 0 aliphatic heterocycles. The Balaban J connectivity index is 1.28. The topological polar surface area (TPSA) is 22.1 Å². The number of fused-ring (bicyclic) bond motifs is 1. The molecule has 0 amide bonds. The molecular weight excluding hydrogens is 588 g/mol. The smallest absolute Gasteiger partial charge is 0.279 e. The van der Waals surface area contributed by atoms with E-state index in [2.05, 4.69) is 11.9 Å². The Kier molecular flexibility index (Phi) is 13.9. The maximum absolute atomic E-state index is 15.5. The van der Waals surface area contributed by atoms with Crippen LogP contribution < -0.4 is 4.74 Å². The second-order valence-corrected chi connectivity index (χ2v) is 13.4. The van der Waals surface area contributed by atoms with Gasteiger partial charge in [-0.1, -0.05) is 110 Å². The number of benzene rings is 1. The van der Waals surface area contributed by atoms with Crippen LogP contribution in [-0.2, 0) is 12.3 Å². The minimum atomic E-state index is -3.49. The maximum Gasteiger partial charge on any atom is 0.279 e. The van der Waals surface area contributed by atoms with Crippen molar-refractivity contribution < 1.29 is 31.1 Å². The van der Waals surface area contributed by atoms with Gasteiger partial charge in [-0.25, -0.2) is 26.9 Å². The number of hydrogen-bond acceptors (Lipinski definition) is 2. The van der Waals surface area contributed by atoms with Crippen LogP contribution in [-0.4, -0.2) is 17.8 Å². The Morgan fingerprint density at radius 2 is 1.47 bits per heavy atom. The average molecular weight is 640 g/mol. The van der Waals surface area contributed by atoms with Gasteiger partial charge in [-0.2, -0.15) is 4.39 Å². The fourth-order valence-corrected chi connectivity index (χ4v) is 6.67. The number of aromatic nitrogens is 1. The molecule has 8 heteroatoms. The summed E-state index contributed by atoms with van der Waals surface area (Å²) in [7, 11) is 0. The van der Waals surface area contributed by atoms with Crippen LogP contribution >= 0.6 is 0 Å². The van der Waals surface area contributed by atoms with E-state index in [1.54, 1.807) is 0 Å². The van der Waals surface area contributed by atoms with Crippen molar-refractivity contribution in [3.63, 3.8) is 0 Å². The molecule has 1 heterocycles. The van der Waals surface area contributed by atoms with Crippen LogP contribution in [0.2, 0.25) is 0 Å². The summed E-state index contributed by atoms with van der Waals surface area (Å²) >= 11 is 0. The van der Waals surface area contributed by atoms with E-state index in [0.29, 0.717) is 12.8 Å². The molecule has 45 heavy (non-hydrogen) atoms. The predicted molar refractivity (Wildman–Crippen MR) is 168 cm³/mol. The monoisotopic (exact) mass is 639 g/mol. The summed E-state index contributed by atoms with van der Waals surface area (Å²) in [4.78, 5) is 3.71. The maximum atomic E-state index is 15.5. The van der Waals surface area contributed by atoms with Crippen LogP contribution in [0.25, 0.3) is 11.3 Å². The molecule has 1 fully saturated rings. The summed E-state index contributed by atoms with van der Waals surface area (Å²) in [6.07, 6.45) is 17.2. The third kappa shape index (κ3) is 10.4. The molecular formula is C37H51F6NO. The van der Waals surface area contributed by atoms with Crippen molar-refractivity contribution in [2.75, 3.05) is 6.61 Å². The highest BCUT2D eigenvalue weighted by atomic mass is 19.3. The van der Waals surface area contributed by atoms with Gasteiger partial charge in [-0.05, 0) is 55.4 Å². The highest BCUT2D eigenvalue weighted by Gasteiger charge is 2.48. The Morgan fingerprint density at radius 3 is 2.13 bits per heavy atom. The van der Waals surface area contributed by atoms with Crippen LogP contribution in [0.15, 0.2) is 18.2 Å². The number of halogens is 6. The van der Waals surface area contributed by atoms with Crippen molar-refractivity contribution in [3.8, 4) is 17.0 Å². The number of unbranched alkanes of at least 4 members (excludes halogenated alkanes) is 11. The molecule has 0 spiro atoms. The molecule has 1 aromatic carbocycles. The second kappa shape index (κ2) is 17.6. The number of rotatable bonds is 21. The highest BCUT2D eigenvalue weighted by molar-refractivity contribution is 5.63. The molecule has 2 aliphatic carbocycles. The van der Waals surface area contributed by atoms with E-state index in [-0.39, 0.29) is 48.4 Å². The van der Waals surface area contributed by atoms with Crippen molar-refractivity contribution in [2.24, 2.45) is 11.8 Å². The van der Waals surface area contributed by atoms with Gasteiger partial charge in [-0.15, -0.1) is 0 Å². The predicted octanol–water partition coefficient (Wildman–Crippen LogP) is 12.2. The first kappa shape index (κ1) is 35.6. The summed E-state index contributed by atoms with van der Waals surface area (Å²) in [5, 5.41) is 0. The average Bonchev–Trinajstić information content (AvgIpc) is 3.84. The molecule has 4 rings (SSSR count). The van der Waals surface area contributed by atoms with Crippen LogP contribution in [0.4, 0.5) is 26.3 Å². The Bertz CT molecular complexity index is 1200. The number of aryl methyl sites for hydroxylation is 1. The minimum Gasteiger partial charge on any atom is -0.486 e. The summed E-state index contributed by atoms with van der Waals surface area (Å²) in [6.45, 7) is 1.79.